The fourth-order valence-electron chi connectivity index (χ4n) is 0.0385. The van der Waals surface area contributed by atoms with Gasteiger partial charge in [0.1, 0.15) is 0 Å². The van der Waals surface area contributed by atoms with E-state index >= 15 is 0 Å². The largest absolute Gasteiger partial charge is 0.407 e. The predicted molar refractivity (Wildman–Crippen MR) is 20.2 cm³/mol. The van der Waals surface area contributed by atoms with Crippen molar-refractivity contribution in [3.8, 4) is 0 Å². The Bertz CT molecular complexity index is 146. The zero-order valence-electron chi connectivity index (χ0n) is 3.44. The van der Waals surface area contributed by atoms with Crippen molar-refractivity contribution in [2.45, 2.75) is 0 Å². The smallest absolute Gasteiger partial charge is 0.263 e. The Labute approximate surface area is 66.8 Å². The van der Waals surface area contributed by atoms with Crippen molar-refractivity contribution in [3.63, 3.8) is 0 Å². The maximum atomic E-state index is 9.36. The van der Waals surface area contributed by atoms with Gasteiger partial charge in [0.05, 0.1) is 0 Å². The molecule has 0 spiro atoms. The second-order valence-electron chi connectivity index (χ2n) is 0.577. The molecular weight excluding hydrogens is 234 g/mol. The topological polar surface area (TPSA) is 80.7 Å². The molecule has 0 bridgehead atoms. The van der Waals surface area contributed by atoms with Crippen molar-refractivity contribution < 1.29 is 47.7 Å². The summed E-state index contributed by atoms with van der Waals surface area (Å²) in [6, 6.07) is 0. The average Bonchev–Trinajstić information content (AvgIpc) is 1.30. The van der Waals surface area contributed by atoms with Gasteiger partial charge in [0, 0.05) is 26.2 Å². The summed E-state index contributed by atoms with van der Waals surface area (Å²) >= 11 is 0. The van der Waals surface area contributed by atoms with Gasteiger partial charge < -0.3 is 0 Å². The molecule has 0 radical (unpaired) electrons. The molecule has 0 heterocycles. The third-order valence-corrected chi connectivity index (χ3v) is 1.12. The molecule has 0 aromatic heterocycles. The third-order valence-electron chi connectivity index (χ3n) is 0.125. The van der Waals surface area contributed by atoms with Crippen LogP contribution in [0, 0.1) is 0 Å². The van der Waals surface area contributed by atoms with Crippen LogP contribution in [-0.2, 0) is 45.1 Å². The van der Waals surface area contributed by atoms with Gasteiger partial charge in [-0.3, -0.25) is 4.55 Å². The predicted octanol–water partition coefficient (Wildman–Crippen LogP) is 0.0100. The van der Waals surface area contributed by atoms with Crippen molar-refractivity contribution in [2.75, 3.05) is 0 Å². The molecule has 46 valence electrons. The number of hydrogen-bond acceptors (Lipinski definition) is 4. The van der Waals surface area contributed by atoms with Gasteiger partial charge in [0.25, 0.3) is 0 Å². The molecule has 0 aromatic carbocycles. The first kappa shape index (κ1) is 11.6. The minimum absolute atomic E-state index is 0. The minimum Gasteiger partial charge on any atom is -0.263 e. The number of rotatable bonds is 2. The third kappa shape index (κ3) is 9.97. The van der Waals surface area contributed by atoms with Crippen molar-refractivity contribution in [1.29, 1.82) is 0 Å². The van der Waals surface area contributed by atoms with Gasteiger partial charge in [-0.15, -0.1) is 3.97 Å². The Morgan fingerprint density at radius 2 is 1.88 bits per heavy atom. The molecule has 0 aliphatic carbocycles. The minimum atomic E-state index is -4.50. The van der Waals surface area contributed by atoms with Gasteiger partial charge in [-0.05, 0) is 0 Å². The van der Waals surface area contributed by atoms with E-state index in [4.69, 9.17) is 9.12 Å². The molecular formula is HO5PSZr. The summed E-state index contributed by atoms with van der Waals surface area (Å²) in [5.41, 5.74) is 0. The van der Waals surface area contributed by atoms with E-state index in [0.29, 0.717) is 0 Å². The monoisotopic (exact) mass is 234 g/mol. The van der Waals surface area contributed by atoms with Crippen molar-refractivity contribution in [2.24, 2.45) is 0 Å². The summed E-state index contributed by atoms with van der Waals surface area (Å²) in [4.78, 5) is 0. The van der Waals surface area contributed by atoms with E-state index in [1.807, 2.05) is 0 Å². The van der Waals surface area contributed by atoms with Crippen LogP contribution in [0.3, 0.4) is 0 Å². The summed E-state index contributed by atoms with van der Waals surface area (Å²) in [6.45, 7) is 0. The van der Waals surface area contributed by atoms with Gasteiger partial charge in [0.2, 0.25) is 0 Å². The second-order valence-corrected chi connectivity index (χ2v) is 2.18. The van der Waals surface area contributed by atoms with E-state index in [-0.39, 0.29) is 26.2 Å². The Kier molecular flexibility index (Phi) is 6.84. The van der Waals surface area contributed by atoms with Crippen LogP contribution in [-0.4, -0.2) is 13.0 Å². The maximum Gasteiger partial charge on any atom is 0.407 e. The van der Waals surface area contributed by atoms with Crippen molar-refractivity contribution in [3.05, 3.63) is 0 Å². The van der Waals surface area contributed by atoms with Crippen LogP contribution < -0.4 is 0 Å². The van der Waals surface area contributed by atoms with Crippen LogP contribution in [0.5, 0.6) is 0 Å². The van der Waals surface area contributed by atoms with Gasteiger partial charge in [-0.25, -0.2) is 4.57 Å². The Hall–Kier alpha value is 0.853. The molecule has 8 heteroatoms. The van der Waals surface area contributed by atoms with E-state index in [1.54, 1.807) is 0 Å². The SMILES string of the molecule is O=POS(=O)(=O)O.[Zr]. The molecule has 0 unspecified atom stereocenters. The molecule has 0 aliphatic heterocycles. The van der Waals surface area contributed by atoms with Crippen LogP contribution >= 0.6 is 8.69 Å². The first-order chi connectivity index (χ1) is 3.06. The maximum absolute atomic E-state index is 9.36. The van der Waals surface area contributed by atoms with Crippen LogP contribution in [0.25, 0.3) is 0 Å². The summed E-state index contributed by atoms with van der Waals surface area (Å²) in [6.07, 6.45) is 0. The fraction of sp³-hybridized carbons (Fsp3) is 0. The summed E-state index contributed by atoms with van der Waals surface area (Å²) in [5, 5.41) is 0. The summed E-state index contributed by atoms with van der Waals surface area (Å²) < 4.78 is 38.6. The fourth-order valence-corrected chi connectivity index (χ4v) is 0.346. The molecule has 0 fully saturated rings. The zero-order chi connectivity index (χ0) is 5.91. The van der Waals surface area contributed by atoms with Gasteiger partial charge in [-0.2, -0.15) is 8.42 Å². The van der Waals surface area contributed by atoms with Gasteiger partial charge in [0.15, 0.2) is 0 Å². The number of hydrogen-bond donors (Lipinski definition) is 1. The van der Waals surface area contributed by atoms with Crippen LogP contribution in [0.4, 0.5) is 0 Å². The quantitative estimate of drug-likeness (QED) is 0.538. The first-order valence-electron chi connectivity index (χ1n) is 1.05. The molecule has 5 nitrogen and oxygen atoms in total. The van der Waals surface area contributed by atoms with Crippen molar-refractivity contribution >= 4 is 19.1 Å². The van der Waals surface area contributed by atoms with Gasteiger partial charge in [-0.1, -0.05) is 0 Å². The average molecular weight is 235 g/mol. The van der Waals surface area contributed by atoms with Crippen LogP contribution in [0.1, 0.15) is 0 Å². The second kappa shape index (κ2) is 4.71. The Morgan fingerprint density at radius 3 is 1.88 bits per heavy atom. The normalized spacial score (nSPS) is 10.6. The van der Waals surface area contributed by atoms with E-state index in [2.05, 4.69) is 3.97 Å². The molecule has 8 heavy (non-hydrogen) atoms. The standard InChI is InChI=1S/HO5PS.Zr/c1-6-5-7(2,3)4;/h(H,2,3,4);. The first-order valence-corrected chi connectivity index (χ1v) is 3.14. The summed E-state index contributed by atoms with van der Waals surface area (Å²) in [5.74, 6) is 0. The molecule has 1 N–H and O–H groups in total. The molecule has 0 aliphatic rings. The molecule has 0 atom stereocenters. The Morgan fingerprint density at radius 1 is 1.50 bits per heavy atom. The Balaban J connectivity index is 0. The van der Waals surface area contributed by atoms with Crippen LogP contribution in [0.15, 0.2) is 0 Å². The van der Waals surface area contributed by atoms with Gasteiger partial charge >= 0.3 is 19.1 Å². The summed E-state index contributed by atoms with van der Waals surface area (Å²) in [7, 11) is -5.58. The molecule has 0 saturated carbocycles. The molecule has 0 aromatic rings. The van der Waals surface area contributed by atoms with Crippen LogP contribution in [0.2, 0.25) is 0 Å². The van der Waals surface area contributed by atoms with E-state index in [0.717, 1.165) is 0 Å². The van der Waals surface area contributed by atoms with E-state index in [9.17, 15) is 8.42 Å². The van der Waals surface area contributed by atoms with E-state index < -0.39 is 19.1 Å². The molecule has 0 saturated heterocycles. The van der Waals surface area contributed by atoms with Crippen molar-refractivity contribution in [1.82, 2.24) is 0 Å². The molecule has 0 amide bonds. The zero-order valence-corrected chi connectivity index (χ0v) is 7.60. The van der Waals surface area contributed by atoms with E-state index in [1.165, 1.54) is 0 Å². The molecule has 0 rings (SSSR count).